The molecule has 186 valence electrons. The second-order valence-corrected chi connectivity index (χ2v) is 10.7. The first-order valence-electron chi connectivity index (χ1n) is 11.6. The molecule has 1 atom stereocenters. The third-order valence-electron chi connectivity index (χ3n) is 6.06. The van der Waals surface area contributed by atoms with Crippen molar-refractivity contribution in [2.75, 3.05) is 23.7 Å². The van der Waals surface area contributed by atoms with E-state index in [2.05, 4.69) is 5.32 Å². The highest BCUT2D eigenvalue weighted by molar-refractivity contribution is 7.92. The van der Waals surface area contributed by atoms with Crippen molar-refractivity contribution >= 4 is 27.5 Å². The van der Waals surface area contributed by atoms with Crippen LogP contribution in [-0.4, -0.2) is 50.5 Å². The lowest BCUT2D eigenvalue weighted by Crippen LogP contribution is -2.51. The highest BCUT2D eigenvalue weighted by atomic mass is 32.2. The molecule has 0 aromatic heterocycles. The summed E-state index contributed by atoms with van der Waals surface area (Å²) in [6.45, 7) is 9.85. The van der Waals surface area contributed by atoms with Crippen molar-refractivity contribution in [3.63, 3.8) is 0 Å². The van der Waals surface area contributed by atoms with Gasteiger partial charge >= 0.3 is 0 Å². The maximum Gasteiger partial charge on any atom is 0.244 e. The number of unbranched alkanes of at least 4 members (excludes halogenated alkanes) is 1. The Balaban J connectivity index is 2.38. The van der Waals surface area contributed by atoms with Crippen LogP contribution in [0.15, 0.2) is 42.5 Å². The van der Waals surface area contributed by atoms with E-state index in [1.807, 2.05) is 58.0 Å². The summed E-state index contributed by atoms with van der Waals surface area (Å²) >= 11 is 0. The Morgan fingerprint density at radius 3 is 2.26 bits per heavy atom. The van der Waals surface area contributed by atoms with E-state index in [0.29, 0.717) is 12.2 Å². The van der Waals surface area contributed by atoms with Crippen molar-refractivity contribution in [1.29, 1.82) is 0 Å². The molecule has 0 heterocycles. The van der Waals surface area contributed by atoms with Gasteiger partial charge in [0.2, 0.25) is 21.8 Å². The van der Waals surface area contributed by atoms with Gasteiger partial charge in [0, 0.05) is 13.1 Å². The van der Waals surface area contributed by atoms with Crippen LogP contribution in [0.1, 0.15) is 48.9 Å². The van der Waals surface area contributed by atoms with Crippen molar-refractivity contribution in [3.05, 3.63) is 64.7 Å². The molecule has 0 fully saturated rings. The second-order valence-electron chi connectivity index (χ2n) is 8.81. The Morgan fingerprint density at radius 2 is 1.68 bits per heavy atom. The van der Waals surface area contributed by atoms with E-state index in [-0.39, 0.29) is 19.0 Å². The van der Waals surface area contributed by atoms with Gasteiger partial charge in [-0.05, 0) is 68.5 Å². The summed E-state index contributed by atoms with van der Waals surface area (Å²) in [6.07, 6.45) is 2.88. The van der Waals surface area contributed by atoms with Crippen LogP contribution in [0.2, 0.25) is 0 Å². The number of carbonyl (C=O) groups excluding carboxylic acids is 2. The van der Waals surface area contributed by atoms with E-state index in [1.54, 1.807) is 19.1 Å². The van der Waals surface area contributed by atoms with E-state index in [4.69, 9.17) is 0 Å². The number of hydrogen-bond donors (Lipinski definition) is 1. The minimum absolute atomic E-state index is 0.207. The van der Waals surface area contributed by atoms with Crippen LogP contribution in [0.5, 0.6) is 0 Å². The maximum atomic E-state index is 13.6. The summed E-state index contributed by atoms with van der Waals surface area (Å²) in [5.41, 5.74) is 4.28. The van der Waals surface area contributed by atoms with Gasteiger partial charge in [-0.25, -0.2) is 8.42 Å². The van der Waals surface area contributed by atoms with Gasteiger partial charge in [-0.2, -0.15) is 0 Å². The topological polar surface area (TPSA) is 86.8 Å². The fourth-order valence-corrected chi connectivity index (χ4v) is 4.43. The van der Waals surface area contributed by atoms with Gasteiger partial charge in [-0.3, -0.25) is 13.9 Å². The lowest BCUT2D eigenvalue weighted by atomic mass is 10.1. The van der Waals surface area contributed by atoms with Gasteiger partial charge in [0.05, 0.1) is 11.9 Å². The predicted octanol–water partition coefficient (Wildman–Crippen LogP) is 3.71. The second kappa shape index (κ2) is 12.0. The summed E-state index contributed by atoms with van der Waals surface area (Å²) in [4.78, 5) is 27.9. The van der Waals surface area contributed by atoms with Crippen LogP contribution >= 0.6 is 0 Å². The smallest absolute Gasteiger partial charge is 0.244 e. The molecule has 8 heteroatoms. The number of nitrogens with one attached hydrogen (secondary N) is 1. The molecule has 7 nitrogen and oxygen atoms in total. The van der Waals surface area contributed by atoms with E-state index in [9.17, 15) is 18.0 Å². The zero-order chi connectivity index (χ0) is 25.5. The standard InChI is InChI=1S/C26H37N3O4S/c1-7-8-15-27-26(31)22(5)28(17-23-12-10-9-11-20(23)3)25(30)18-29(34(6,32)33)24-14-13-19(2)21(4)16-24/h9-14,16,22H,7-8,15,17-18H2,1-6H3,(H,27,31)/t22-/m0/s1. The van der Waals surface area contributed by atoms with Gasteiger partial charge < -0.3 is 10.2 Å². The molecule has 0 saturated carbocycles. The van der Waals surface area contributed by atoms with Crippen molar-refractivity contribution in [2.45, 2.75) is 60.0 Å². The molecule has 0 bridgehead atoms. The Labute approximate surface area is 204 Å². The third kappa shape index (κ3) is 7.32. The molecule has 2 amide bonds. The average molecular weight is 488 g/mol. The minimum atomic E-state index is -3.74. The first-order chi connectivity index (χ1) is 16.0. The molecule has 0 aliphatic heterocycles. The first-order valence-corrected chi connectivity index (χ1v) is 13.5. The summed E-state index contributed by atoms with van der Waals surface area (Å²) in [6, 6.07) is 12.2. The van der Waals surface area contributed by atoms with E-state index in [1.165, 1.54) is 4.90 Å². The molecule has 2 aromatic carbocycles. The van der Waals surface area contributed by atoms with Crippen LogP contribution < -0.4 is 9.62 Å². The number of rotatable bonds is 11. The van der Waals surface area contributed by atoms with E-state index in [0.717, 1.165) is 45.7 Å². The minimum Gasteiger partial charge on any atom is -0.354 e. The number of sulfonamides is 1. The van der Waals surface area contributed by atoms with Gasteiger partial charge in [-0.15, -0.1) is 0 Å². The molecule has 0 radical (unpaired) electrons. The van der Waals surface area contributed by atoms with E-state index < -0.39 is 22.0 Å². The maximum absolute atomic E-state index is 13.6. The largest absolute Gasteiger partial charge is 0.354 e. The number of carbonyl (C=O) groups is 2. The summed E-state index contributed by atoms with van der Waals surface area (Å²) in [5.74, 6) is -0.697. The van der Waals surface area contributed by atoms with Crippen LogP contribution in [0.4, 0.5) is 5.69 Å². The fourth-order valence-electron chi connectivity index (χ4n) is 3.58. The van der Waals surface area contributed by atoms with Crippen LogP contribution in [-0.2, 0) is 26.2 Å². The zero-order valence-electron chi connectivity index (χ0n) is 21.1. The van der Waals surface area contributed by atoms with Crippen LogP contribution in [0, 0.1) is 20.8 Å². The Kier molecular flexibility index (Phi) is 9.67. The molecule has 34 heavy (non-hydrogen) atoms. The molecule has 0 aliphatic rings. The number of amides is 2. The number of hydrogen-bond acceptors (Lipinski definition) is 4. The van der Waals surface area contributed by atoms with Crippen LogP contribution in [0.3, 0.4) is 0 Å². The lowest BCUT2D eigenvalue weighted by molar-refractivity contribution is -0.139. The average Bonchev–Trinajstić information content (AvgIpc) is 2.77. The van der Waals surface area contributed by atoms with Gasteiger partial charge in [0.25, 0.3) is 0 Å². The Hall–Kier alpha value is -2.87. The van der Waals surface area contributed by atoms with E-state index >= 15 is 0 Å². The van der Waals surface area contributed by atoms with Crippen molar-refractivity contribution < 1.29 is 18.0 Å². The first kappa shape index (κ1) is 27.4. The molecule has 0 saturated heterocycles. The molecule has 0 spiro atoms. The monoisotopic (exact) mass is 487 g/mol. The molecule has 2 aromatic rings. The lowest BCUT2D eigenvalue weighted by Gasteiger charge is -2.32. The fraction of sp³-hybridized carbons (Fsp3) is 0.462. The van der Waals surface area contributed by atoms with Crippen molar-refractivity contribution in [3.8, 4) is 0 Å². The third-order valence-corrected chi connectivity index (χ3v) is 7.20. The normalized spacial score (nSPS) is 12.2. The zero-order valence-corrected chi connectivity index (χ0v) is 21.9. The molecular weight excluding hydrogens is 450 g/mol. The van der Waals surface area contributed by atoms with Crippen LogP contribution in [0.25, 0.3) is 0 Å². The molecule has 2 rings (SSSR count). The van der Waals surface area contributed by atoms with Gasteiger partial charge in [-0.1, -0.05) is 43.7 Å². The number of nitrogens with zero attached hydrogens (tertiary/aromatic N) is 2. The summed E-state index contributed by atoms with van der Waals surface area (Å²) in [5, 5.41) is 2.88. The molecular formula is C26H37N3O4S. The molecule has 1 N–H and O–H groups in total. The SMILES string of the molecule is CCCCNC(=O)[C@H](C)N(Cc1ccccc1C)C(=O)CN(c1ccc(C)c(C)c1)S(C)(=O)=O. The molecule has 0 aliphatic carbocycles. The molecule has 0 unspecified atom stereocenters. The van der Waals surface area contributed by atoms with Gasteiger partial charge in [0.15, 0.2) is 0 Å². The highest BCUT2D eigenvalue weighted by Gasteiger charge is 2.30. The number of anilines is 1. The van der Waals surface area contributed by atoms with Gasteiger partial charge in [0.1, 0.15) is 12.6 Å². The Morgan fingerprint density at radius 1 is 1.00 bits per heavy atom. The summed E-state index contributed by atoms with van der Waals surface area (Å²) in [7, 11) is -3.74. The Bertz CT molecular complexity index is 1110. The highest BCUT2D eigenvalue weighted by Crippen LogP contribution is 2.22. The van der Waals surface area contributed by atoms with Crippen molar-refractivity contribution in [2.24, 2.45) is 0 Å². The predicted molar refractivity (Wildman–Crippen MR) is 137 cm³/mol. The number of benzene rings is 2. The number of aryl methyl sites for hydroxylation is 3. The van der Waals surface area contributed by atoms with Crippen molar-refractivity contribution in [1.82, 2.24) is 10.2 Å². The summed E-state index contributed by atoms with van der Waals surface area (Å²) < 4.78 is 26.4. The quantitative estimate of drug-likeness (QED) is 0.490.